The monoisotopic (exact) mass is 404 g/mol. The van der Waals surface area contributed by atoms with Crippen molar-refractivity contribution in [2.45, 2.75) is 18.4 Å². The molecule has 0 aliphatic carbocycles. The van der Waals surface area contributed by atoms with Crippen LogP contribution in [-0.4, -0.2) is 45.5 Å². The smallest absolute Gasteiger partial charge is 0.407 e. The molecular weight excluding hydrogens is 387 g/mol. The van der Waals surface area contributed by atoms with Gasteiger partial charge in [0, 0.05) is 31.3 Å². The lowest BCUT2D eigenvalue weighted by Gasteiger charge is -2.11. The number of hydrogen-bond donors (Lipinski definition) is 1. The van der Waals surface area contributed by atoms with Crippen molar-refractivity contribution in [1.82, 2.24) is 18.8 Å². The summed E-state index contributed by atoms with van der Waals surface area (Å²) in [6, 6.07) is 7.28. The fourth-order valence-corrected chi connectivity index (χ4v) is 3.95. The summed E-state index contributed by atoms with van der Waals surface area (Å²) in [5.41, 5.74) is 1.05. The van der Waals surface area contributed by atoms with Gasteiger partial charge in [-0.15, -0.1) is 0 Å². The third kappa shape index (κ3) is 3.72. The molecule has 146 valence electrons. The van der Waals surface area contributed by atoms with Crippen molar-refractivity contribution >= 4 is 16.1 Å². The van der Waals surface area contributed by atoms with Gasteiger partial charge in [-0.05, 0) is 42.8 Å². The van der Waals surface area contributed by atoms with Gasteiger partial charge in [0.15, 0.2) is 0 Å². The Morgan fingerprint density at radius 1 is 1.29 bits per heavy atom. The Bertz CT molecular complexity index is 1130. The number of rotatable bonds is 5. The van der Waals surface area contributed by atoms with Crippen LogP contribution in [0.4, 0.5) is 9.18 Å². The van der Waals surface area contributed by atoms with E-state index in [9.17, 15) is 17.6 Å². The summed E-state index contributed by atoms with van der Waals surface area (Å²) < 4.78 is 41.5. The lowest BCUT2D eigenvalue weighted by Crippen LogP contribution is -2.23. The Morgan fingerprint density at radius 3 is 2.64 bits per heavy atom. The first-order chi connectivity index (χ1) is 13.2. The van der Waals surface area contributed by atoms with Gasteiger partial charge in [-0.2, -0.15) is 4.39 Å². The van der Waals surface area contributed by atoms with E-state index in [1.165, 1.54) is 49.9 Å². The van der Waals surface area contributed by atoms with Crippen LogP contribution < -0.4 is 0 Å². The summed E-state index contributed by atoms with van der Waals surface area (Å²) in [7, 11) is -2.74. The minimum absolute atomic E-state index is 0.0182. The van der Waals surface area contributed by atoms with Gasteiger partial charge in [0.25, 0.3) is 10.0 Å². The van der Waals surface area contributed by atoms with Gasteiger partial charge in [0.05, 0.1) is 17.8 Å². The molecule has 1 N–H and O–H groups in total. The van der Waals surface area contributed by atoms with E-state index in [1.807, 2.05) is 0 Å². The first-order valence-electron chi connectivity index (χ1n) is 8.14. The standard InChI is InChI=1S/C18H17FN4O4S/c1-12-5-6-14(9-21-12)28(26,27)23-11-13(10-22(2)18(24)25)8-16(23)15-4-3-7-20-17(15)19/h3-9,11H,10H2,1-2H3,(H,24,25). The number of hydrogen-bond acceptors (Lipinski definition) is 5. The molecule has 1 amide bonds. The quantitative estimate of drug-likeness (QED) is 0.656. The van der Waals surface area contributed by atoms with Crippen LogP contribution in [0.2, 0.25) is 0 Å². The van der Waals surface area contributed by atoms with E-state index in [0.717, 1.165) is 8.87 Å². The van der Waals surface area contributed by atoms with E-state index in [1.54, 1.807) is 13.0 Å². The van der Waals surface area contributed by atoms with Gasteiger partial charge >= 0.3 is 6.09 Å². The minimum Gasteiger partial charge on any atom is -0.465 e. The van der Waals surface area contributed by atoms with Crippen LogP contribution in [0.3, 0.4) is 0 Å². The number of nitrogens with zero attached hydrogens (tertiary/aromatic N) is 4. The Balaban J connectivity index is 2.18. The number of carboxylic acid groups (broad SMARTS) is 1. The Hall–Kier alpha value is -3.27. The predicted octanol–water partition coefficient (Wildman–Crippen LogP) is 2.74. The second-order valence-electron chi connectivity index (χ2n) is 6.15. The molecule has 0 aliphatic rings. The zero-order valence-electron chi connectivity index (χ0n) is 15.1. The molecule has 0 radical (unpaired) electrons. The first-order valence-corrected chi connectivity index (χ1v) is 9.58. The molecule has 0 aliphatic heterocycles. The van der Waals surface area contributed by atoms with Gasteiger partial charge in [0.2, 0.25) is 5.95 Å². The highest BCUT2D eigenvalue weighted by Crippen LogP contribution is 2.28. The molecule has 10 heteroatoms. The van der Waals surface area contributed by atoms with Crippen LogP contribution >= 0.6 is 0 Å². The van der Waals surface area contributed by atoms with Gasteiger partial charge < -0.3 is 10.0 Å². The number of aryl methyl sites for hydroxylation is 1. The topological polar surface area (TPSA) is 105 Å². The molecule has 8 nitrogen and oxygen atoms in total. The number of pyridine rings is 2. The molecule has 0 spiro atoms. The molecule has 0 bridgehead atoms. The maximum atomic E-state index is 14.3. The molecule has 0 saturated heterocycles. The normalized spacial score (nSPS) is 11.4. The molecule has 3 aromatic rings. The summed E-state index contributed by atoms with van der Waals surface area (Å²) in [4.78, 5) is 19.6. The first kappa shape index (κ1) is 19.5. The van der Waals surface area contributed by atoms with E-state index in [4.69, 9.17) is 5.11 Å². The highest BCUT2D eigenvalue weighted by molar-refractivity contribution is 7.90. The Kier molecular flexibility index (Phi) is 5.14. The van der Waals surface area contributed by atoms with E-state index in [2.05, 4.69) is 9.97 Å². The van der Waals surface area contributed by atoms with Crippen molar-refractivity contribution in [2.75, 3.05) is 7.05 Å². The lowest BCUT2D eigenvalue weighted by molar-refractivity contribution is 0.154. The third-order valence-corrected chi connectivity index (χ3v) is 5.72. The number of carbonyl (C=O) groups is 1. The van der Waals surface area contributed by atoms with Crippen LogP contribution in [0.1, 0.15) is 11.3 Å². The average Bonchev–Trinajstić information content (AvgIpc) is 3.06. The number of amides is 1. The molecule has 0 aromatic carbocycles. The van der Waals surface area contributed by atoms with Gasteiger partial charge in [-0.3, -0.25) is 4.98 Å². The molecule has 3 aromatic heterocycles. The van der Waals surface area contributed by atoms with Gasteiger partial charge in [-0.25, -0.2) is 22.2 Å². The van der Waals surface area contributed by atoms with Crippen molar-refractivity contribution in [3.05, 3.63) is 66.1 Å². The number of aromatic nitrogens is 3. The van der Waals surface area contributed by atoms with Crippen LogP contribution in [0.25, 0.3) is 11.3 Å². The zero-order valence-corrected chi connectivity index (χ0v) is 15.9. The van der Waals surface area contributed by atoms with E-state index < -0.39 is 22.1 Å². The number of halogens is 1. The molecule has 0 saturated carbocycles. The minimum atomic E-state index is -4.09. The second kappa shape index (κ2) is 7.39. The molecular formula is C18H17FN4O4S. The third-order valence-electron chi connectivity index (χ3n) is 4.06. The predicted molar refractivity (Wildman–Crippen MR) is 98.7 cm³/mol. The second-order valence-corrected chi connectivity index (χ2v) is 7.97. The van der Waals surface area contributed by atoms with E-state index in [-0.39, 0.29) is 22.7 Å². The fourth-order valence-electron chi connectivity index (χ4n) is 2.62. The molecule has 0 fully saturated rings. The van der Waals surface area contributed by atoms with Gasteiger partial charge in [0.1, 0.15) is 4.90 Å². The SMILES string of the molecule is Cc1ccc(S(=O)(=O)n2cc(CN(C)C(=O)O)cc2-c2cccnc2F)cn1. The van der Waals surface area contributed by atoms with Crippen LogP contribution in [0, 0.1) is 12.9 Å². The Labute approximate surface area is 161 Å². The summed E-state index contributed by atoms with van der Waals surface area (Å²) in [6.45, 7) is 1.65. The van der Waals surface area contributed by atoms with Crippen LogP contribution in [-0.2, 0) is 16.6 Å². The fraction of sp³-hybridized carbons (Fsp3) is 0.167. The maximum absolute atomic E-state index is 14.3. The summed E-state index contributed by atoms with van der Waals surface area (Å²) in [6.07, 6.45) is 2.57. The molecule has 0 unspecified atom stereocenters. The molecule has 28 heavy (non-hydrogen) atoms. The average molecular weight is 404 g/mol. The van der Waals surface area contributed by atoms with Crippen molar-refractivity contribution in [3.8, 4) is 11.3 Å². The van der Waals surface area contributed by atoms with E-state index >= 15 is 0 Å². The summed E-state index contributed by atoms with van der Waals surface area (Å²) in [5, 5.41) is 9.07. The van der Waals surface area contributed by atoms with Crippen molar-refractivity contribution in [3.63, 3.8) is 0 Å². The summed E-state index contributed by atoms with van der Waals surface area (Å²) >= 11 is 0. The van der Waals surface area contributed by atoms with Crippen molar-refractivity contribution in [2.24, 2.45) is 0 Å². The van der Waals surface area contributed by atoms with Gasteiger partial charge in [-0.1, -0.05) is 0 Å². The Morgan fingerprint density at radius 2 is 2.04 bits per heavy atom. The van der Waals surface area contributed by atoms with E-state index in [0.29, 0.717) is 11.3 Å². The zero-order chi connectivity index (χ0) is 20.5. The van der Waals surface area contributed by atoms with Crippen LogP contribution in [0.5, 0.6) is 0 Å². The van der Waals surface area contributed by atoms with Crippen molar-refractivity contribution in [1.29, 1.82) is 0 Å². The summed E-state index contributed by atoms with van der Waals surface area (Å²) in [5.74, 6) is -0.836. The van der Waals surface area contributed by atoms with Crippen molar-refractivity contribution < 1.29 is 22.7 Å². The lowest BCUT2D eigenvalue weighted by atomic mass is 10.2. The molecule has 3 heterocycles. The van der Waals surface area contributed by atoms with Crippen LogP contribution in [0.15, 0.2) is 53.8 Å². The maximum Gasteiger partial charge on any atom is 0.407 e. The largest absolute Gasteiger partial charge is 0.465 e. The highest BCUT2D eigenvalue weighted by atomic mass is 32.2. The highest BCUT2D eigenvalue weighted by Gasteiger charge is 2.24. The molecule has 0 atom stereocenters. The molecule has 3 rings (SSSR count).